The van der Waals surface area contributed by atoms with Gasteiger partial charge in [-0.05, 0) is 35.4 Å². The summed E-state index contributed by atoms with van der Waals surface area (Å²) in [7, 11) is 0. The van der Waals surface area contributed by atoms with E-state index in [9.17, 15) is 9.59 Å². The van der Waals surface area contributed by atoms with E-state index in [1.165, 1.54) is 0 Å². The first kappa shape index (κ1) is 24.4. The maximum atomic E-state index is 14.0. The molecule has 0 aromatic heterocycles. The molecule has 2 fully saturated rings. The third kappa shape index (κ3) is 4.41. The normalized spacial score (nSPS) is 25.9. The molecule has 0 N–H and O–H groups in total. The van der Waals surface area contributed by atoms with Gasteiger partial charge in [-0.3, -0.25) is 9.59 Å². The van der Waals surface area contributed by atoms with Gasteiger partial charge >= 0.3 is 0 Å². The molecule has 6 rings (SSSR count). The Bertz CT molecular complexity index is 1350. The largest absolute Gasteiger partial charge is 0.341 e. The van der Waals surface area contributed by atoms with E-state index < -0.39 is 22.1 Å². The molecule has 184 valence electrons. The molecule has 7 heteroatoms. The lowest BCUT2D eigenvalue weighted by Crippen LogP contribution is -2.32. The Labute approximate surface area is 228 Å². The third-order valence-corrected chi connectivity index (χ3v) is 8.62. The molecular formula is C30H20Cl2O4S. The predicted molar refractivity (Wildman–Crippen MR) is 145 cm³/mol. The second kappa shape index (κ2) is 9.43. The fraction of sp³-hybridized carbons (Fsp3) is 0.133. The molecule has 2 heterocycles. The summed E-state index contributed by atoms with van der Waals surface area (Å²) in [5, 5.41) is 1.17. The quantitative estimate of drug-likeness (QED) is 0.167. The van der Waals surface area contributed by atoms with E-state index in [2.05, 4.69) is 0 Å². The molecule has 0 unspecified atom stereocenters. The van der Waals surface area contributed by atoms with Crippen LogP contribution in [0.15, 0.2) is 109 Å². The van der Waals surface area contributed by atoms with Crippen LogP contribution < -0.4 is 0 Å². The number of halogens is 2. The van der Waals surface area contributed by atoms with E-state index in [1.54, 1.807) is 72.8 Å². The Balaban J connectivity index is 1.42. The van der Waals surface area contributed by atoms with Crippen LogP contribution >= 0.6 is 35.0 Å². The van der Waals surface area contributed by atoms with Gasteiger partial charge in [0.2, 0.25) is 21.4 Å². The molecule has 0 amide bonds. The van der Waals surface area contributed by atoms with Gasteiger partial charge in [0.15, 0.2) is 0 Å². The summed E-state index contributed by atoms with van der Waals surface area (Å²) in [6.45, 7) is 0. The van der Waals surface area contributed by atoms with Crippen LogP contribution in [0.25, 0.3) is 0 Å². The Morgan fingerprint density at radius 2 is 0.919 bits per heavy atom. The van der Waals surface area contributed by atoms with Crippen LogP contribution in [0, 0.1) is 0 Å². The zero-order valence-corrected chi connectivity index (χ0v) is 21.7. The third-order valence-electron chi connectivity index (χ3n) is 6.52. The summed E-state index contributed by atoms with van der Waals surface area (Å²) in [6.07, 6.45) is -1.14. The molecule has 0 radical (unpaired) electrons. The maximum absolute atomic E-state index is 14.0. The predicted octanol–water partition coefficient (Wildman–Crippen LogP) is 7.73. The minimum absolute atomic E-state index is 0.219. The lowest BCUT2D eigenvalue weighted by Gasteiger charge is -2.18. The Hall–Kier alpha value is -2.93. The van der Waals surface area contributed by atoms with Gasteiger partial charge in [-0.2, -0.15) is 0 Å². The molecular weight excluding hydrogens is 527 g/mol. The molecule has 0 aliphatic carbocycles. The molecule has 0 bridgehead atoms. The van der Waals surface area contributed by atoms with Gasteiger partial charge in [0.25, 0.3) is 0 Å². The van der Waals surface area contributed by atoms with Crippen molar-refractivity contribution in [2.24, 2.45) is 0 Å². The Morgan fingerprint density at radius 1 is 0.568 bits per heavy atom. The highest BCUT2D eigenvalue weighted by molar-refractivity contribution is 8.03. The molecule has 4 atom stereocenters. The van der Waals surface area contributed by atoms with Crippen LogP contribution in [0.4, 0.5) is 0 Å². The number of benzene rings is 4. The average molecular weight is 547 g/mol. The Kier molecular flexibility index (Phi) is 6.22. The van der Waals surface area contributed by atoms with Crippen molar-refractivity contribution in [3.8, 4) is 0 Å². The van der Waals surface area contributed by atoms with Gasteiger partial charge < -0.3 is 9.47 Å². The average Bonchev–Trinajstić information content (AvgIpc) is 3.85. The highest BCUT2D eigenvalue weighted by atomic mass is 35.5. The number of epoxide rings is 2. The number of hydrogen-bond donors (Lipinski definition) is 0. The molecule has 2 aliphatic heterocycles. The second-order valence-electron chi connectivity index (χ2n) is 8.93. The van der Waals surface area contributed by atoms with Crippen molar-refractivity contribution in [2.75, 3.05) is 0 Å². The van der Waals surface area contributed by atoms with Gasteiger partial charge in [0.05, 0.1) is 0 Å². The smallest absolute Gasteiger partial charge is 0.211 e. The van der Waals surface area contributed by atoms with Crippen LogP contribution in [-0.2, 0) is 9.47 Å². The topological polar surface area (TPSA) is 59.2 Å². The van der Waals surface area contributed by atoms with Crippen LogP contribution in [-0.4, -0.2) is 21.4 Å². The van der Waals surface area contributed by atoms with Crippen molar-refractivity contribution in [2.45, 2.75) is 22.1 Å². The summed E-state index contributed by atoms with van der Waals surface area (Å²) in [4.78, 5) is 25.3. The molecule has 2 aliphatic rings. The van der Waals surface area contributed by atoms with E-state index in [-0.39, 0.29) is 11.6 Å². The molecule has 2 saturated heterocycles. The van der Waals surface area contributed by atoms with Crippen molar-refractivity contribution < 1.29 is 19.1 Å². The van der Waals surface area contributed by atoms with Gasteiger partial charge in [0.1, 0.15) is 12.2 Å². The van der Waals surface area contributed by atoms with E-state index >= 15 is 0 Å². The van der Waals surface area contributed by atoms with Gasteiger partial charge in [0, 0.05) is 21.2 Å². The van der Waals surface area contributed by atoms with Crippen molar-refractivity contribution >= 4 is 46.5 Å². The van der Waals surface area contributed by atoms with Crippen molar-refractivity contribution in [3.63, 3.8) is 0 Å². The number of ketones is 2. The SMILES string of the molecule is O=C(c1ccccc1)[C@@]1(S[C@@]2(C(=O)c3ccccc3)O[C@H]2c2ccc(Cl)cc2)O[C@@H]1c1ccc(Cl)cc1. The first-order valence-electron chi connectivity index (χ1n) is 11.7. The minimum atomic E-state index is -1.35. The number of ether oxygens (including phenoxy) is 2. The lowest BCUT2D eigenvalue weighted by molar-refractivity contribution is 0.0923. The first-order valence-corrected chi connectivity index (χ1v) is 13.3. The van der Waals surface area contributed by atoms with Crippen LogP contribution in [0.1, 0.15) is 44.1 Å². The van der Waals surface area contributed by atoms with Gasteiger partial charge in [-0.15, -0.1) is 0 Å². The summed E-state index contributed by atoms with van der Waals surface area (Å²) in [5.41, 5.74) is 2.59. The van der Waals surface area contributed by atoms with Crippen LogP contribution in [0.2, 0.25) is 10.0 Å². The van der Waals surface area contributed by atoms with E-state index in [0.717, 1.165) is 22.9 Å². The fourth-order valence-corrected chi connectivity index (χ4v) is 6.43. The number of carbonyl (C=O) groups is 2. The van der Waals surface area contributed by atoms with E-state index in [1.807, 2.05) is 36.4 Å². The molecule has 4 aromatic rings. The lowest BCUT2D eigenvalue weighted by atomic mass is 10.0. The van der Waals surface area contributed by atoms with Crippen LogP contribution in [0.3, 0.4) is 0 Å². The second-order valence-corrected chi connectivity index (χ2v) is 11.2. The highest BCUT2D eigenvalue weighted by Gasteiger charge is 2.75. The highest BCUT2D eigenvalue weighted by Crippen LogP contribution is 2.70. The first-order chi connectivity index (χ1) is 17.9. The molecule has 4 nitrogen and oxygen atoms in total. The molecule has 37 heavy (non-hydrogen) atoms. The number of thioether (sulfide) groups is 1. The molecule has 4 aromatic carbocycles. The zero-order chi connectivity index (χ0) is 25.6. The summed E-state index contributed by atoms with van der Waals surface area (Å²) < 4.78 is 12.5. The van der Waals surface area contributed by atoms with E-state index in [4.69, 9.17) is 32.7 Å². The maximum Gasteiger partial charge on any atom is 0.211 e. The standard InChI is InChI=1S/C30H20Cl2O4S/c31-23-15-11-21(12-16-23)27-29(35-27,25(33)19-7-3-1-4-8-19)37-30(26(34)20-9-5-2-6-10-20)28(36-30)22-13-17-24(32)18-14-22/h1-18,27-28H/t27-,28+,29+,30-. The monoisotopic (exact) mass is 546 g/mol. The van der Waals surface area contributed by atoms with Crippen molar-refractivity contribution in [3.05, 3.63) is 141 Å². The summed E-state index contributed by atoms with van der Waals surface area (Å²) in [6, 6.07) is 32.3. The number of rotatable bonds is 8. The van der Waals surface area contributed by atoms with Crippen molar-refractivity contribution in [1.29, 1.82) is 0 Å². The Morgan fingerprint density at radius 3 is 1.27 bits per heavy atom. The molecule has 0 spiro atoms. The number of hydrogen-bond acceptors (Lipinski definition) is 5. The summed E-state index contributed by atoms with van der Waals surface area (Å²) >= 11 is 13.3. The van der Waals surface area contributed by atoms with E-state index in [0.29, 0.717) is 21.2 Å². The van der Waals surface area contributed by atoms with Crippen LogP contribution in [0.5, 0.6) is 0 Å². The van der Waals surface area contributed by atoms with Gasteiger partial charge in [-0.1, -0.05) is 120 Å². The van der Waals surface area contributed by atoms with Crippen molar-refractivity contribution in [1.82, 2.24) is 0 Å². The number of Topliss-reactive ketones (excluding diaryl/α,β-unsaturated/α-hetero) is 2. The van der Waals surface area contributed by atoms with Gasteiger partial charge in [-0.25, -0.2) is 0 Å². The fourth-order valence-electron chi connectivity index (χ4n) is 4.53. The number of carbonyl (C=O) groups excluding carboxylic acids is 2. The summed E-state index contributed by atoms with van der Waals surface area (Å²) in [5.74, 6) is -0.438. The minimum Gasteiger partial charge on any atom is -0.341 e. The zero-order valence-electron chi connectivity index (χ0n) is 19.3. The molecule has 0 saturated carbocycles.